The number of rotatable bonds is 3. The van der Waals surface area contributed by atoms with Crippen molar-refractivity contribution in [3.05, 3.63) is 59.4 Å². The summed E-state index contributed by atoms with van der Waals surface area (Å²) in [5.41, 5.74) is 11.5. The summed E-state index contributed by atoms with van der Waals surface area (Å²) in [7, 11) is 0. The number of nitrogens with two attached hydrogens (primary N) is 1. The number of imidazole rings is 1. The smallest absolute Gasteiger partial charge is 0.106 e. The molecule has 1 aromatic heterocycles. The minimum absolute atomic E-state index is 0.765. The third-order valence-electron chi connectivity index (χ3n) is 3.83. The lowest BCUT2D eigenvalue weighted by Crippen LogP contribution is -2.04. The second-order valence-corrected chi connectivity index (χ2v) is 5.24. The summed E-state index contributed by atoms with van der Waals surface area (Å²) in [5.74, 6) is 1.04. The topological polar surface area (TPSA) is 43.8 Å². The quantitative estimate of drug-likeness (QED) is 0.737. The molecule has 3 aromatic rings. The van der Waals surface area contributed by atoms with Gasteiger partial charge in [0.25, 0.3) is 0 Å². The molecule has 0 aliphatic heterocycles. The van der Waals surface area contributed by atoms with Gasteiger partial charge in [-0.15, -0.1) is 0 Å². The van der Waals surface area contributed by atoms with E-state index in [9.17, 15) is 0 Å². The van der Waals surface area contributed by atoms with Crippen molar-refractivity contribution in [1.29, 1.82) is 0 Å². The number of hydrogen-bond donors (Lipinski definition) is 1. The van der Waals surface area contributed by atoms with Gasteiger partial charge in [0, 0.05) is 12.2 Å². The molecule has 0 spiro atoms. The summed E-state index contributed by atoms with van der Waals surface area (Å²) in [5, 5.41) is 0. The summed E-state index contributed by atoms with van der Waals surface area (Å²) < 4.78 is 2.27. The van der Waals surface area contributed by atoms with Crippen molar-refractivity contribution in [3.63, 3.8) is 0 Å². The molecule has 0 saturated carbocycles. The van der Waals surface area contributed by atoms with Crippen molar-refractivity contribution in [1.82, 2.24) is 9.55 Å². The first-order valence-corrected chi connectivity index (χ1v) is 6.92. The number of aromatic nitrogens is 2. The van der Waals surface area contributed by atoms with E-state index in [0.717, 1.165) is 35.5 Å². The average molecular weight is 265 g/mol. The first kappa shape index (κ1) is 12.7. The number of anilines is 1. The molecule has 0 aliphatic rings. The van der Waals surface area contributed by atoms with E-state index in [-0.39, 0.29) is 0 Å². The highest BCUT2D eigenvalue weighted by atomic mass is 15.1. The maximum atomic E-state index is 5.82. The van der Waals surface area contributed by atoms with E-state index in [2.05, 4.69) is 46.8 Å². The van der Waals surface area contributed by atoms with Crippen LogP contribution in [-0.4, -0.2) is 9.55 Å². The van der Waals surface area contributed by atoms with E-state index in [4.69, 9.17) is 5.73 Å². The van der Waals surface area contributed by atoms with Gasteiger partial charge in [0.1, 0.15) is 5.82 Å². The van der Waals surface area contributed by atoms with Gasteiger partial charge in [-0.2, -0.15) is 0 Å². The van der Waals surface area contributed by atoms with Crippen LogP contribution in [0.3, 0.4) is 0 Å². The summed E-state index contributed by atoms with van der Waals surface area (Å²) in [6.45, 7) is 5.15. The van der Waals surface area contributed by atoms with Gasteiger partial charge >= 0.3 is 0 Å². The molecular formula is C17H19N3. The zero-order valence-corrected chi connectivity index (χ0v) is 11.9. The third-order valence-corrected chi connectivity index (χ3v) is 3.83. The zero-order chi connectivity index (χ0) is 14.1. The van der Waals surface area contributed by atoms with Crippen molar-refractivity contribution in [3.8, 4) is 0 Å². The van der Waals surface area contributed by atoms with Crippen LogP contribution < -0.4 is 5.73 Å². The fourth-order valence-electron chi connectivity index (χ4n) is 2.67. The Kier molecular flexibility index (Phi) is 3.18. The minimum atomic E-state index is 0.765. The molecule has 0 aliphatic carbocycles. The molecule has 0 saturated heterocycles. The van der Waals surface area contributed by atoms with Gasteiger partial charge in [0.05, 0.1) is 11.0 Å². The van der Waals surface area contributed by atoms with Crippen molar-refractivity contribution in [2.24, 2.45) is 0 Å². The SMILES string of the molecule is Cc1ccccc1CCn1c(C)nc2cc(N)ccc21. The third kappa shape index (κ3) is 2.27. The average Bonchev–Trinajstić information content (AvgIpc) is 2.73. The van der Waals surface area contributed by atoms with Gasteiger partial charge < -0.3 is 10.3 Å². The molecule has 0 bridgehead atoms. The standard InChI is InChI=1S/C17H19N3/c1-12-5-3-4-6-14(12)9-10-20-13(2)19-16-11-15(18)7-8-17(16)20/h3-8,11H,9-10,18H2,1-2H3. The number of fused-ring (bicyclic) bond motifs is 1. The fraction of sp³-hybridized carbons (Fsp3) is 0.235. The highest BCUT2D eigenvalue weighted by Gasteiger charge is 2.08. The van der Waals surface area contributed by atoms with Crippen LogP contribution in [0.1, 0.15) is 17.0 Å². The van der Waals surface area contributed by atoms with Crippen LogP contribution in [0.4, 0.5) is 5.69 Å². The van der Waals surface area contributed by atoms with E-state index in [1.54, 1.807) is 0 Å². The molecule has 3 heteroatoms. The van der Waals surface area contributed by atoms with Crippen LogP contribution in [-0.2, 0) is 13.0 Å². The predicted octanol–water partition coefficient (Wildman–Crippen LogP) is 3.48. The summed E-state index contributed by atoms with van der Waals surface area (Å²) in [4.78, 5) is 4.59. The highest BCUT2D eigenvalue weighted by Crippen LogP contribution is 2.19. The molecule has 3 nitrogen and oxygen atoms in total. The Morgan fingerprint density at radius 3 is 2.70 bits per heavy atom. The molecule has 3 rings (SSSR count). The lowest BCUT2D eigenvalue weighted by atomic mass is 10.1. The van der Waals surface area contributed by atoms with Crippen LogP contribution in [0.2, 0.25) is 0 Å². The van der Waals surface area contributed by atoms with E-state index in [1.807, 2.05) is 19.1 Å². The van der Waals surface area contributed by atoms with E-state index >= 15 is 0 Å². The van der Waals surface area contributed by atoms with Gasteiger partial charge in [0.15, 0.2) is 0 Å². The number of aryl methyl sites for hydroxylation is 4. The molecular weight excluding hydrogens is 246 g/mol. The second kappa shape index (κ2) is 5.00. The molecule has 2 N–H and O–H groups in total. The van der Waals surface area contributed by atoms with E-state index in [1.165, 1.54) is 11.1 Å². The molecule has 0 unspecified atom stereocenters. The van der Waals surface area contributed by atoms with Crippen molar-refractivity contribution < 1.29 is 0 Å². The van der Waals surface area contributed by atoms with E-state index < -0.39 is 0 Å². The van der Waals surface area contributed by atoms with Gasteiger partial charge in [0.2, 0.25) is 0 Å². The fourth-order valence-corrected chi connectivity index (χ4v) is 2.67. The predicted molar refractivity (Wildman–Crippen MR) is 83.8 cm³/mol. The largest absolute Gasteiger partial charge is 0.399 e. The molecule has 0 atom stereocenters. The lowest BCUT2D eigenvalue weighted by molar-refractivity contribution is 0.690. The first-order chi connectivity index (χ1) is 9.65. The number of benzene rings is 2. The Morgan fingerprint density at radius 1 is 1.10 bits per heavy atom. The molecule has 1 heterocycles. The van der Waals surface area contributed by atoms with Gasteiger partial charge in [-0.1, -0.05) is 24.3 Å². The molecule has 0 fully saturated rings. The van der Waals surface area contributed by atoms with Crippen molar-refractivity contribution in [2.75, 3.05) is 5.73 Å². The molecule has 20 heavy (non-hydrogen) atoms. The maximum absolute atomic E-state index is 5.82. The van der Waals surface area contributed by atoms with Crippen LogP contribution >= 0.6 is 0 Å². The van der Waals surface area contributed by atoms with Crippen LogP contribution in [0.15, 0.2) is 42.5 Å². The Bertz CT molecular complexity index is 756. The Morgan fingerprint density at radius 2 is 1.90 bits per heavy atom. The minimum Gasteiger partial charge on any atom is -0.399 e. The maximum Gasteiger partial charge on any atom is 0.106 e. The Hall–Kier alpha value is -2.29. The summed E-state index contributed by atoms with van der Waals surface area (Å²) in [6.07, 6.45) is 1.02. The van der Waals surface area contributed by atoms with Crippen LogP contribution in [0.25, 0.3) is 11.0 Å². The summed E-state index contributed by atoms with van der Waals surface area (Å²) >= 11 is 0. The zero-order valence-electron chi connectivity index (χ0n) is 11.9. The monoisotopic (exact) mass is 265 g/mol. The first-order valence-electron chi connectivity index (χ1n) is 6.92. The van der Waals surface area contributed by atoms with E-state index in [0.29, 0.717) is 0 Å². The molecule has 102 valence electrons. The Balaban J connectivity index is 1.91. The molecule has 0 amide bonds. The lowest BCUT2D eigenvalue weighted by Gasteiger charge is -2.09. The van der Waals surface area contributed by atoms with Crippen LogP contribution in [0, 0.1) is 13.8 Å². The second-order valence-electron chi connectivity index (χ2n) is 5.24. The van der Waals surface area contributed by atoms with Crippen molar-refractivity contribution >= 4 is 16.7 Å². The summed E-state index contributed by atoms with van der Waals surface area (Å²) in [6, 6.07) is 14.5. The highest BCUT2D eigenvalue weighted by molar-refractivity contribution is 5.79. The van der Waals surface area contributed by atoms with Crippen molar-refractivity contribution in [2.45, 2.75) is 26.8 Å². The van der Waals surface area contributed by atoms with Crippen LogP contribution in [0.5, 0.6) is 0 Å². The van der Waals surface area contributed by atoms with Gasteiger partial charge in [-0.25, -0.2) is 4.98 Å². The van der Waals surface area contributed by atoms with Gasteiger partial charge in [-0.05, 0) is 49.6 Å². The normalized spacial score (nSPS) is 11.1. The number of nitrogen functional groups attached to an aromatic ring is 1. The Labute approximate surface area is 119 Å². The van der Waals surface area contributed by atoms with Gasteiger partial charge in [-0.3, -0.25) is 0 Å². The molecule has 2 aromatic carbocycles. The number of hydrogen-bond acceptors (Lipinski definition) is 2. The molecule has 0 radical (unpaired) electrons. The number of nitrogens with zero attached hydrogens (tertiary/aromatic N) is 2.